The molecular weight excluding hydrogens is 504 g/mol. The lowest BCUT2D eigenvalue weighted by Crippen LogP contribution is -2.49. The van der Waals surface area contributed by atoms with Crippen molar-refractivity contribution in [3.05, 3.63) is 60.4 Å². The number of nitrogens with two attached hydrogens (primary N) is 1. The third-order valence-corrected chi connectivity index (χ3v) is 8.34. The SMILES string of the molecule is COc1cc(-c2nn(C3CCC(N4CCN(C)CC4)CC3)c3ncnc(N)c23)ccc1NC(=O)c1ccccc1. The molecule has 208 valence electrons. The lowest BCUT2D eigenvalue weighted by atomic mass is 9.90. The van der Waals surface area contributed by atoms with E-state index in [-0.39, 0.29) is 11.9 Å². The summed E-state index contributed by atoms with van der Waals surface area (Å²) in [6, 6.07) is 15.6. The Labute approximate surface area is 234 Å². The van der Waals surface area contributed by atoms with E-state index >= 15 is 0 Å². The molecule has 2 aromatic heterocycles. The maximum Gasteiger partial charge on any atom is 0.255 e. The van der Waals surface area contributed by atoms with Crippen molar-refractivity contribution in [2.75, 3.05) is 51.4 Å². The number of ether oxygens (including phenoxy) is 1. The molecule has 10 nitrogen and oxygen atoms in total. The Balaban J connectivity index is 1.27. The predicted octanol–water partition coefficient (Wildman–Crippen LogP) is 4.07. The lowest BCUT2D eigenvalue weighted by Gasteiger charge is -2.41. The molecule has 0 radical (unpaired) electrons. The second kappa shape index (κ2) is 11.2. The summed E-state index contributed by atoms with van der Waals surface area (Å²) in [4.78, 5) is 26.7. The van der Waals surface area contributed by atoms with Gasteiger partial charge in [0, 0.05) is 43.3 Å². The Kier molecular flexibility index (Phi) is 7.36. The monoisotopic (exact) mass is 540 g/mol. The molecule has 10 heteroatoms. The molecule has 1 aliphatic heterocycles. The van der Waals surface area contributed by atoms with Gasteiger partial charge in [0.1, 0.15) is 23.6 Å². The minimum absolute atomic E-state index is 0.203. The van der Waals surface area contributed by atoms with Gasteiger partial charge in [0.25, 0.3) is 5.91 Å². The second-order valence-electron chi connectivity index (χ2n) is 10.8. The molecule has 0 unspecified atom stereocenters. The Hall–Kier alpha value is -4.02. The molecule has 2 aliphatic rings. The molecule has 0 atom stereocenters. The van der Waals surface area contributed by atoms with Gasteiger partial charge in [-0.3, -0.25) is 9.69 Å². The van der Waals surface area contributed by atoms with Crippen LogP contribution in [0.3, 0.4) is 0 Å². The van der Waals surface area contributed by atoms with Crippen LogP contribution < -0.4 is 15.8 Å². The van der Waals surface area contributed by atoms with E-state index in [9.17, 15) is 4.79 Å². The number of nitrogen functional groups attached to an aromatic ring is 1. The summed E-state index contributed by atoms with van der Waals surface area (Å²) in [5.41, 5.74) is 9.85. The van der Waals surface area contributed by atoms with E-state index in [1.54, 1.807) is 19.2 Å². The van der Waals surface area contributed by atoms with Crippen LogP contribution in [0.25, 0.3) is 22.3 Å². The number of aromatic nitrogens is 4. The molecule has 40 heavy (non-hydrogen) atoms. The smallest absolute Gasteiger partial charge is 0.255 e. The predicted molar refractivity (Wildman–Crippen MR) is 156 cm³/mol. The fourth-order valence-electron chi connectivity index (χ4n) is 6.03. The van der Waals surface area contributed by atoms with Crippen LogP contribution in [0.15, 0.2) is 54.9 Å². The van der Waals surface area contributed by atoms with E-state index in [1.165, 1.54) is 6.33 Å². The summed E-state index contributed by atoms with van der Waals surface area (Å²) >= 11 is 0. The number of nitrogens with zero attached hydrogens (tertiary/aromatic N) is 6. The summed E-state index contributed by atoms with van der Waals surface area (Å²) in [5, 5.41) is 8.77. The van der Waals surface area contributed by atoms with Crippen molar-refractivity contribution in [2.45, 2.75) is 37.8 Å². The normalized spacial score (nSPS) is 20.4. The summed E-state index contributed by atoms with van der Waals surface area (Å²) in [7, 11) is 3.79. The second-order valence-corrected chi connectivity index (χ2v) is 10.8. The number of fused-ring (bicyclic) bond motifs is 1. The Morgan fingerprint density at radius 2 is 1.70 bits per heavy atom. The fraction of sp³-hybridized carbons (Fsp3) is 0.400. The van der Waals surface area contributed by atoms with Gasteiger partial charge in [-0.25, -0.2) is 14.6 Å². The van der Waals surface area contributed by atoms with Crippen LogP contribution >= 0.6 is 0 Å². The summed E-state index contributed by atoms with van der Waals surface area (Å²) in [5.74, 6) is 0.733. The highest BCUT2D eigenvalue weighted by molar-refractivity contribution is 6.05. The van der Waals surface area contributed by atoms with Crippen LogP contribution in [0.2, 0.25) is 0 Å². The molecule has 0 bridgehead atoms. The van der Waals surface area contributed by atoms with E-state index in [0.29, 0.717) is 34.6 Å². The highest BCUT2D eigenvalue weighted by Gasteiger charge is 2.31. The summed E-state index contributed by atoms with van der Waals surface area (Å²) < 4.78 is 7.72. The first-order valence-electron chi connectivity index (χ1n) is 14.0. The van der Waals surface area contributed by atoms with E-state index < -0.39 is 0 Å². The number of rotatable bonds is 6. The Morgan fingerprint density at radius 3 is 2.42 bits per heavy atom. The number of hydrogen-bond donors (Lipinski definition) is 2. The van der Waals surface area contributed by atoms with Crippen molar-refractivity contribution < 1.29 is 9.53 Å². The van der Waals surface area contributed by atoms with Crippen LogP contribution in [0, 0.1) is 0 Å². The average Bonchev–Trinajstić information content (AvgIpc) is 3.39. The third kappa shape index (κ3) is 5.12. The molecule has 4 aromatic rings. The maximum absolute atomic E-state index is 12.8. The average molecular weight is 541 g/mol. The number of benzene rings is 2. The summed E-state index contributed by atoms with van der Waals surface area (Å²) in [6.07, 6.45) is 5.90. The van der Waals surface area contributed by atoms with Crippen LogP contribution in [0.5, 0.6) is 5.75 Å². The topological polar surface area (TPSA) is 114 Å². The quantitative estimate of drug-likeness (QED) is 0.376. The zero-order chi connectivity index (χ0) is 27.6. The van der Waals surface area contributed by atoms with Crippen molar-refractivity contribution in [3.63, 3.8) is 0 Å². The van der Waals surface area contributed by atoms with E-state index in [1.807, 2.05) is 36.4 Å². The van der Waals surface area contributed by atoms with Crippen molar-refractivity contribution >= 4 is 28.4 Å². The molecule has 3 heterocycles. The van der Waals surface area contributed by atoms with E-state index in [2.05, 4.69) is 36.8 Å². The number of carbonyl (C=O) groups excluding carboxylic acids is 1. The van der Waals surface area contributed by atoms with Crippen molar-refractivity contribution in [1.82, 2.24) is 29.5 Å². The molecule has 1 saturated heterocycles. The number of amides is 1. The van der Waals surface area contributed by atoms with Gasteiger partial charge in [0.15, 0.2) is 5.65 Å². The maximum atomic E-state index is 12.8. The molecule has 2 fully saturated rings. The van der Waals surface area contributed by atoms with Crippen molar-refractivity contribution in [3.8, 4) is 17.0 Å². The first-order chi connectivity index (χ1) is 19.5. The van der Waals surface area contributed by atoms with E-state index in [4.69, 9.17) is 15.6 Å². The number of nitrogens with one attached hydrogen (secondary N) is 1. The largest absolute Gasteiger partial charge is 0.495 e. The van der Waals surface area contributed by atoms with Crippen molar-refractivity contribution in [2.24, 2.45) is 0 Å². The molecule has 2 aromatic carbocycles. The highest BCUT2D eigenvalue weighted by atomic mass is 16.5. The molecule has 1 aliphatic carbocycles. The standard InChI is InChI=1S/C30H36N8O2/c1-36-14-16-37(17-15-36)22-9-11-23(12-10-22)38-29-26(28(31)32-19-33-29)27(35-38)21-8-13-24(25(18-21)40-2)34-30(39)20-6-4-3-5-7-20/h3-8,13,18-19,22-23H,9-12,14-17H2,1-2H3,(H,34,39)(H2,31,32,33). The van der Waals surface area contributed by atoms with Gasteiger partial charge in [-0.2, -0.15) is 5.10 Å². The number of carbonyl (C=O) groups is 1. The van der Waals surface area contributed by atoms with Crippen LogP contribution in [-0.4, -0.2) is 81.8 Å². The first kappa shape index (κ1) is 26.2. The number of methoxy groups -OCH3 is 1. The van der Waals surface area contributed by atoms with E-state index in [0.717, 1.165) is 68.5 Å². The minimum atomic E-state index is -0.203. The summed E-state index contributed by atoms with van der Waals surface area (Å²) in [6.45, 7) is 4.57. The number of likely N-dealkylation sites (N-methyl/N-ethyl adjacent to an activating group) is 1. The Morgan fingerprint density at radius 1 is 0.975 bits per heavy atom. The zero-order valence-corrected chi connectivity index (χ0v) is 23.1. The van der Waals surface area contributed by atoms with Gasteiger partial charge in [0.2, 0.25) is 0 Å². The van der Waals surface area contributed by atoms with Crippen LogP contribution in [0.4, 0.5) is 11.5 Å². The molecular formula is C30H36N8O2. The van der Waals surface area contributed by atoms with Gasteiger partial charge in [-0.05, 0) is 57.0 Å². The van der Waals surface area contributed by atoms with Gasteiger partial charge < -0.3 is 20.7 Å². The number of anilines is 2. The molecule has 1 amide bonds. The third-order valence-electron chi connectivity index (χ3n) is 8.34. The highest BCUT2D eigenvalue weighted by Crippen LogP contribution is 2.39. The lowest BCUT2D eigenvalue weighted by molar-refractivity contribution is 0.0815. The molecule has 6 rings (SSSR count). The Bertz CT molecular complexity index is 1490. The van der Waals surface area contributed by atoms with Gasteiger partial charge in [-0.1, -0.05) is 24.3 Å². The number of hydrogen-bond acceptors (Lipinski definition) is 8. The number of piperazine rings is 1. The fourth-order valence-corrected chi connectivity index (χ4v) is 6.03. The van der Waals surface area contributed by atoms with Gasteiger partial charge >= 0.3 is 0 Å². The van der Waals surface area contributed by atoms with Gasteiger partial charge in [0.05, 0.1) is 24.2 Å². The minimum Gasteiger partial charge on any atom is -0.495 e. The molecule has 1 saturated carbocycles. The zero-order valence-electron chi connectivity index (χ0n) is 23.1. The van der Waals surface area contributed by atoms with Crippen molar-refractivity contribution in [1.29, 1.82) is 0 Å². The van der Waals surface area contributed by atoms with Crippen LogP contribution in [0.1, 0.15) is 42.1 Å². The van der Waals surface area contributed by atoms with Crippen LogP contribution in [-0.2, 0) is 0 Å². The molecule has 0 spiro atoms. The molecule has 3 N–H and O–H groups in total. The van der Waals surface area contributed by atoms with Gasteiger partial charge in [-0.15, -0.1) is 0 Å². The first-order valence-corrected chi connectivity index (χ1v) is 14.0.